The molecule has 4 heterocycles. The van der Waals surface area contributed by atoms with Gasteiger partial charge in [-0.05, 0) is 41.8 Å². The van der Waals surface area contributed by atoms with Crippen LogP contribution in [-0.2, 0) is 6.54 Å². The number of pyridine rings is 1. The SMILES string of the molecule is Cc1nc(NCc2csc3ccccc23)nc(N[C@@H]2C[C@H](CO)[C@@H](O)[C@H]2O)c1-c1nc2cnccc2s1. The summed E-state index contributed by atoms with van der Waals surface area (Å²) in [4.78, 5) is 18.5. The van der Waals surface area contributed by atoms with E-state index in [4.69, 9.17) is 15.0 Å². The summed E-state index contributed by atoms with van der Waals surface area (Å²) in [7, 11) is 0. The van der Waals surface area contributed by atoms with E-state index in [1.54, 1.807) is 23.7 Å². The van der Waals surface area contributed by atoms with Crippen molar-refractivity contribution in [2.75, 3.05) is 17.2 Å². The van der Waals surface area contributed by atoms with Crippen molar-refractivity contribution in [3.63, 3.8) is 0 Å². The zero-order valence-corrected chi connectivity index (χ0v) is 21.6. The Morgan fingerprint density at radius 1 is 1.05 bits per heavy atom. The lowest BCUT2D eigenvalue weighted by Gasteiger charge is -2.21. The van der Waals surface area contributed by atoms with Crippen LogP contribution in [0.1, 0.15) is 17.7 Å². The van der Waals surface area contributed by atoms with Crippen molar-refractivity contribution in [3.8, 4) is 10.6 Å². The van der Waals surface area contributed by atoms with Crippen molar-refractivity contribution in [3.05, 3.63) is 59.4 Å². The molecule has 1 saturated carbocycles. The zero-order chi connectivity index (χ0) is 25.5. The van der Waals surface area contributed by atoms with Gasteiger partial charge in [0, 0.05) is 30.0 Å². The van der Waals surface area contributed by atoms with Gasteiger partial charge >= 0.3 is 0 Å². The fourth-order valence-corrected chi connectivity index (χ4v) is 6.86. The number of aromatic nitrogens is 4. The standard InChI is InChI=1S/C26H26N6O3S2/c1-13-21(25-31-18-10-27-7-6-20(18)37-25)24(30-17-8-14(11-33)22(34)23(17)35)32-26(29-13)28-9-15-12-36-19-5-3-2-4-16(15)19/h2-7,10,12,14,17,22-23,33-35H,8-9,11H2,1H3,(H2,28,29,30,32)/t14-,17-,22-,23+/m1/s1. The summed E-state index contributed by atoms with van der Waals surface area (Å²) in [6.07, 6.45) is 1.83. The molecule has 0 aliphatic heterocycles. The molecule has 1 aromatic carbocycles. The summed E-state index contributed by atoms with van der Waals surface area (Å²) in [5, 5.41) is 41.4. The normalized spacial score (nSPS) is 21.6. The van der Waals surface area contributed by atoms with Gasteiger partial charge in [0.05, 0.1) is 34.3 Å². The molecule has 37 heavy (non-hydrogen) atoms. The van der Waals surface area contributed by atoms with E-state index in [-0.39, 0.29) is 6.61 Å². The van der Waals surface area contributed by atoms with Crippen LogP contribution in [0.4, 0.5) is 11.8 Å². The molecule has 5 aromatic rings. The predicted octanol–water partition coefficient (Wildman–Crippen LogP) is 3.80. The number of nitrogens with zero attached hydrogens (tertiary/aromatic N) is 4. The number of fused-ring (bicyclic) bond motifs is 2. The van der Waals surface area contributed by atoms with Crippen LogP contribution in [0.25, 0.3) is 30.9 Å². The summed E-state index contributed by atoms with van der Waals surface area (Å²) >= 11 is 3.22. The molecule has 0 spiro atoms. The Morgan fingerprint density at radius 2 is 1.92 bits per heavy atom. The predicted molar refractivity (Wildman–Crippen MR) is 147 cm³/mol. The lowest BCUT2D eigenvalue weighted by atomic mass is 10.1. The van der Waals surface area contributed by atoms with E-state index in [9.17, 15) is 15.3 Å². The van der Waals surface area contributed by atoms with Crippen molar-refractivity contribution < 1.29 is 15.3 Å². The number of thiophene rings is 1. The molecule has 0 amide bonds. The van der Waals surface area contributed by atoms with E-state index < -0.39 is 24.2 Å². The van der Waals surface area contributed by atoms with Gasteiger partial charge in [0.15, 0.2) is 0 Å². The highest BCUT2D eigenvalue weighted by Gasteiger charge is 2.41. The molecule has 0 radical (unpaired) electrons. The highest BCUT2D eigenvalue weighted by molar-refractivity contribution is 7.21. The summed E-state index contributed by atoms with van der Waals surface area (Å²) in [5.74, 6) is 0.567. The van der Waals surface area contributed by atoms with Crippen LogP contribution in [0.2, 0.25) is 0 Å². The van der Waals surface area contributed by atoms with Gasteiger partial charge in [0.1, 0.15) is 22.4 Å². The van der Waals surface area contributed by atoms with Crippen LogP contribution >= 0.6 is 22.7 Å². The Hall–Kier alpha value is -3.22. The molecule has 11 heteroatoms. The lowest BCUT2D eigenvalue weighted by Crippen LogP contribution is -2.35. The minimum atomic E-state index is -1.03. The zero-order valence-electron chi connectivity index (χ0n) is 20.0. The topological polar surface area (TPSA) is 136 Å². The van der Waals surface area contributed by atoms with Gasteiger partial charge < -0.3 is 26.0 Å². The average Bonchev–Trinajstić information content (AvgIpc) is 3.59. The van der Waals surface area contributed by atoms with Crippen molar-refractivity contribution in [2.45, 2.75) is 38.1 Å². The van der Waals surface area contributed by atoms with Gasteiger partial charge in [-0.15, -0.1) is 22.7 Å². The van der Waals surface area contributed by atoms with Crippen LogP contribution in [0.5, 0.6) is 0 Å². The van der Waals surface area contributed by atoms with Gasteiger partial charge in [-0.25, -0.2) is 9.97 Å². The first-order valence-corrected chi connectivity index (χ1v) is 13.7. The molecule has 5 N–H and O–H groups in total. The summed E-state index contributed by atoms with van der Waals surface area (Å²) < 4.78 is 2.23. The molecule has 4 atom stereocenters. The number of anilines is 2. The summed E-state index contributed by atoms with van der Waals surface area (Å²) in [6, 6.07) is 9.72. The second-order valence-electron chi connectivity index (χ2n) is 9.24. The fraction of sp³-hybridized carbons (Fsp3) is 0.308. The number of rotatable bonds is 7. The molecule has 6 rings (SSSR count). The molecule has 1 aliphatic carbocycles. The first-order chi connectivity index (χ1) is 18.0. The maximum absolute atomic E-state index is 10.7. The highest BCUT2D eigenvalue weighted by Crippen LogP contribution is 2.38. The monoisotopic (exact) mass is 534 g/mol. The second-order valence-corrected chi connectivity index (χ2v) is 11.2. The van der Waals surface area contributed by atoms with Crippen LogP contribution in [0.15, 0.2) is 48.1 Å². The molecule has 0 bridgehead atoms. The molecular formula is C26H26N6O3S2. The number of nitrogens with one attached hydrogen (secondary N) is 2. The minimum Gasteiger partial charge on any atom is -0.396 e. The van der Waals surface area contributed by atoms with Crippen LogP contribution in [0.3, 0.4) is 0 Å². The van der Waals surface area contributed by atoms with Gasteiger partial charge in [-0.2, -0.15) is 4.98 Å². The van der Waals surface area contributed by atoms with Crippen molar-refractivity contribution in [1.29, 1.82) is 0 Å². The van der Waals surface area contributed by atoms with Gasteiger partial charge in [0.25, 0.3) is 0 Å². The first kappa shape index (κ1) is 24.1. The maximum atomic E-state index is 10.7. The number of hydrogen-bond acceptors (Lipinski definition) is 11. The van der Waals surface area contributed by atoms with Gasteiger partial charge in [-0.3, -0.25) is 4.98 Å². The number of aryl methyl sites for hydroxylation is 1. The fourth-order valence-electron chi connectivity index (χ4n) is 4.87. The van der Waals surface area contributed by atoms with Crippen molar-refractivity contribution in [1.82, 2.24) is 19.9 Å². The Bertz CT molecular complexity index is 1540. The third kappa shape index (κ3) is 4.53. The third-order valence-electron chi connectivity index (χ3n) is 6.85. The van der Waals surface area contributed by atoms with E-state index in [0.29, 0.717) is 24.7 Å². The minimum absolute atomic E-state index is 0.196. The Morgan fingerprint density at radius 3 is 2.73 bits per heavy atom. The van der Waals surface area contributed by atoms with Crippen LogP contribution < -0.4 is 10.6 Å². The highest BCUT2D eigenvalue weighted by atomic mass is 32.1. The first-order valence-electron chi connectivity index (χ1n) is 12.0. The molecule has 1 fully saturated rings. The molecule has 9 nitrogen and oxygen atoms in total. The van der Waals surface area contributed by atoms with Crippen molar-refractivity contribution in [2.24, 2.45) is 5.92 Å². The maximum Gasteiger partial charge on any atom is 0.225 e. The average molecular weight is 535 g/mol. The van der Waals surface area contributed by atoms with Crippen LogP contribution in [-0.4, -0.2) is 60.1 Å². The van der Waals surface area contributed by atoms with E-state index >= 15 is 0 Å². The summed E-state index contributed by atoms with van der Waals surface area (Å²) in [6.45, 7) is 2.28. The van der Waals surface area contributed by atoms with Crippen LogP contribution in [0, 0.1) is 12.8 Å². The number of benzene rings is 1. The Labute approximate surface area is 220 Å². The smallest absolute Gasteiger partial charge is 0.225 e. The number of hydrogen-bond donors (Lipinski definition) is 5. The van der Waals surface area contributed by atoms with E-state index in [2.05, 4.69) is 33.1 Å². The van der Waals surface area contributed by atoms with Crippen molar-refractivity contribution >= 4 is 54.7 Å². The number of thiazole rings is 1. The second kappa shape index (κ2) is 9.92. The molecule has 0 unspecified atom stereocenters. The lowest BCUT2D eigenvalue weighted by molar-refractivity contribution is 0.00446. The quantitative estimate of drug-likeness (QED) is 0.211. The van der Waals surface area contributed by atoms with E-state index in [1.165, 1.54) is 27.0 Å². The van der Waals surface area contributed by atoms with E-state index in [1.807, 2.05) is 25.1 Å². The molecule has 190 valence electrons. The Balaban J connectivity index is 1.36. The molecule has 4 aromatic heterocycles. The number of aliphatic hydroxyl groups is 3. The largest absolute Gasteiger partial charge is 0.396 e. The van der Waals surface area contributed by atoms with Gasteiger partial charge in [0.2, 0.25) is 5.95 Å². The summed E-state index contributed by atoms with van der Waals surface area (Å²) in [5.41, 5.74) is 3.42. The molecular weight excluding hydrogens is 508 g/mol. The molecule has 0 saturated heterocycles. The van der Waals surface area contributed by atoms with Gasteiger partial charge in [-0.1, -0.05) is 18.2 Å². The number of aliphatic hydroxyl groups excluding tert-OH is 3. The third-order valence-corrected chi connectivity index (χ3v) is 8.92. The Kier molecular flexibility index (Phi) is 6.47. The van der Waals surface area contributed by atoms with E-state index in [0.717, 1.165) is 26.5 Å². The molecule has 1 aliphatic rings.